The zero-order valence-corrected chi connectivity index (χ0v) is 15.1. The van der Waals surface area contributed by atoms with E-state index in [9.17, 15) is 9.90 Å². The first-order chi connectivity index (χ1) is 12.0. The Morgan fingerprint density at radius 2 is 2.00 bits per heavy atom. The molecule has 2 heterocycles. The lowest BCUT2D eigenvalue weighted by Crippen LogP contribution is -2.55. The summed E-state index contributed by atoms with van der Waals surface area (Å²) >= 11 is 0. The normalized spacial score (nSPS) is 24.0. The van der Waals surface area contributed by atoms with Gasteiger partial charge in [-0.3, -0.25) is 14.6 Å². The highest BCUT2D eigenvalue weighted by atomic mass is 16.5. The Balaban J connectivity index is 1.54. The third kappa shape index (κ3) is 4.51. The van der Waals surface area contributed by atoms with Crippen molar-refractivity contribution in [3.8, 4) is 5.75 Å². The molecule has 0 radical (unpaired) electrons. The Morgan fingerprint density at radius 1 is 1.28 bits per heavy atom. The van der Waals surface area contributed by atoms with Crippen LogP contribution >= 0.6 is 0 Å². The van der Waals surface area contributed by atoms with Crippen molar-refractivity contribution in [2.24, 2.45) is 0 Å². The maximum atomic E-state index is 12.7. The van der Waals surface area contributed by atoms with Gasteiger partial charge in [-0.2, -0.15) is 0 Å². The minimum absolute atomic E-state index is 0.0245. The summed E-state index contributed by atoms with van der Waals surface area (Å²) in [6.45, 7) is 8.61. The molecule has 0 unspecified atom stereocenters. The number of carbonyl (C=O) groups excluding carboxylic acids is 1. The summed E-state index contributed by atoms with van der Waals surface area (Å²) in [5.41, 5.74) is 1.07. The number of rotatable bonds is 5. The van der Waals surface area contributed by atoms with Gasteiger partial charge in [0, 0.05) is 44.7 Å². The number of para-hydroxylation sites is 1. The second kappa shape index (κ2) is 8.17. The van der Waals surface area contributed by atoms with Crippen LogP contribution in [0.1, 0.15) is 31.9 Å². The maximum absolute atomic E-state index is 12.7. The number of ether oxygens (including phenoxy) is 1. The number of nitrogens with zero attached hydrogens (tertiary/aromatic N) is 2. The minimum Gasteiger partial charge on any atom is -0.493 e. The van der Waals surface area contributed by atoms with E-state index in [1.807, 2.05) is 38.1 Å². The lowest BCUT2D eigenvalue weighted by Gasteiger charge is -2.38. The van der Waals surface area contributed by atoms with Crippen molar-refractivity contribution in [1.29, 1.82) is 0 Å². The van der Waals surface area contributed by atoms with Crippen LogP contribution < -0.4 is 10.1 Å². The SMILES string of the molecule is C[C@H](O)CN1CCN([C@@H](C)C(=O)N[C@@H]2CCOc3ccccc32)CC1. The molecule has 3 rings (SSSR count). The molecule has 1 aromatic carbocycles. The van der Waals surface area contributed by atoms with Gasteiger partial charge in [0.05, 0.1) is 24.8 Å². The predicted molar refractivity (Wildman–Crippen MR) is 96.6 cm³/mol. The first-order valence-corrected chi connectivity index (χ1v) is 9.21. The number of nitrogens with one attached hydrogen (secondary N) is 1. The monoisotopic (exact) mass is 347 g/mol. The number of hydrogen-bond acceptors (Lipinski definition) is 5. The highest BCUT2D eigenvalue weighted by Gasteiger charge is 2.29. The van der Waals surface area contributed by atoms with Crippen molar-refractivity contribution in [2.45, 2.75) is 38.5 Å². The minimum atomic E-state index is -0.305. The van der Waals surface area contributed by atoms with Crippen LogP contribution in [0.25, 0.3) is 0 Å². The van der Waals surface area contributed by atoms with E-state index < -0.39 is 0 Å². The fraction of sp³-hybridized carbons (Fsp3) is 0.632. The zero-order valence-electron chi connectivity index (χ0n) is 15.1. The number of hydrogen-bond donors (Lipinski definition) is 2. The van der Waals surface area contributed by atoms with Gasteiger partial charge < -0.3 is 15.2 Å². The number of amides is 1. The second-order valence-corrected chi connectivity index (χ2v) is 7.10. The van der Waals surface area contributed by atoms with Gasteiger partial charge in [-0.15, -0.1) is 0 Å². The number of piperazine rings is 1. The summed E-state index contributed by atoms with van der Waals surface area (Å²) < 4.78 is 5.67. The summed E-state index contributed by atoms with van der Waals surface area (Å²) in [4.78, 5) is 17.2. The van der Waals surface area contributed by atoms with Gasteiger partial charge in [0.1, 0.15) is 5.75 Å². The number of aliphatic hydroxyl groups is 1. The standard InChI is InChI=1S/C19H29N3O3/c1-14(23)13-21-8-10-22(11-9-21)15(2)19(24)20-17-7-12-25-18-6-4-3-5-16(17)18/h3-6,14-15,17,23H,7-13H2,1-2H3,(H,20,24)/t14-,15-,17+/m0/s1. The first kappa shape index (κ1) is 18.2. The molecule has 2 N–H and O–H groups in total. The molecular formula is C19H29N3O3. The van der Waals surface area contributed by atoms with Crippen molar-refractivity contribution in [1.82, 2.24) is 15.1 Å². The molecule has 0 aromatic heterocycles. The number of benzene rings is 1. The van der Waals surface area contributed by atoms with Gasteiger partial charge in [-0.05, 0) is 19.9 Å². The molecule has 3 atom stereocenters. The Labute approximate surface area is 149 Å². The lowest BCUT2D eigenvalue weighted by atomic mass is 10.00. The van der Waals surface area contributed by atoms with Crippen LogP contribution in [-0.2, 0) is 4.79 Å². The van der Waals surface area contributed by atoms with Crippen molar-refractivity contribution in [2.75, 3.05) is 39.3 Å². The third-order valence-electron chi connectivity index (χ3n) is 5.13. The van der Waals surface area contributed by atoms with E-state index in [0.717, 1.165) is 43.9 Å². The van der Waals surface area contributed by atoms with E-state index in [0.29, 0.717) is 13.2 Å². The molecule has 2 aliphatic heterocycles. The second-order valence-electron chi connectivity index (χ2n) is 7.10. The average Bonchev–Trinajstić information content (AvgIpc) is 2.61. The topological polar surface area (TPSA) is 65.0 Å². The van der Waals surface area contributed by atoms with Gasteiger partial charge in [-0.25, -0.2) is 0 Å². The Morgan fingerprint density at radius 3 is 2.72 bits per heavy atom. The van der Waals surface area contributed by atoms with Crippen LogP contribution in [0, 0.1) is 0 Å². The summed E-state index contributed by atoms with van der Waals surface area (Å²) in [6, 6.07) is 7.80. The molecule has 0 aliphatic carbocycles. The first-order valence-electron chi connectivity index (χ1n) is 9.21. The lowest BCUT2D eigenvalue weighted by molar-refractivity contribution is -0.127. The summed E-state index contributed by atoms with van der Waals surface area (Å²) in [7, 11) is 0. The van der Waals surface area contributed by atoms with E-state index in [4.69, 9.17) is 4.74 Å². The summed E-state index contributed by atoms with van der Waals surface area (Å²) in [6.07, 6.45) is 0.498. The number of fused-ring (bicyclic) bond motifs is 1. The molecule has 1 saturated heterocycles. The van der Waals surface area contributed by atoms with Crippen molar-refractivity contribution >= 4 is 5.91 Å². The molecule has 1 amide bonds. The van der Waals surface area contributed by atoms with Crippen LogP contribution in [0.3, 0.4) is 0 Å². The number of carbonyl (C=O) groups is 1. The molecule has 1 aromatic rings. The van der Waals surface area contributed by atoms with Gasteiger partial charge in [0.15, 0.2) is 0 Å². The van der Waals surface area contributed by atoms with Gasteiger partial charge >= 0.3 is 0 Å². The van der Waals surface area contributed by atoms with E-state index in [2.05, 4.69) is 15.1 Å². The Kier molecular flexibility index (Phi) is 5.93. The van der Waals surface area contributed by atoms with E-state index in [1.165, 1.54) is 0 Å². The number of β-amino-alcohol motifs (C(OH)–C–C–N with tert-alkyl or cyclic N) is 1. The molecular weight excluding hydrogens is 318 g/mol. The predicted octanol–water partition coefficient (Wildman–Crippen LogP) is 1.01. The van der Waals surface area contributed by atoms with Crippen LogP contribution in [-0.4, -0.2) is 72.3 Å². The van der Waals surface area contributed by atoms with Crippen LogP contribution in [0.4, 0.5) is 0 Å². The molecule has 2 aliphatic rings. The fourth-order valence-electron chi connectivity index (χ4n) is 3.66. The quantitative estimate of drug-likeness (QED) is 0.832. The largest absolute Gasteiger partial charge is 0.493 e. The molecule has 6 heteroatoms. The highest BCUT2D eigenvalue weighted by Crippen LogP contribution is 2.31. The van der Waals surface area contributed by atoms with Crippen LogP contribution in [0.15, 0.2) is 24.3 Å². The van der Waals surface area contributed by atoms with Crippen molar-refractivity contribution < 1.29 is 14.6 Å². The average molecular weight is 347 g/mol. The third-order valence-corrected chi connectivity index (χ3v) is 5.13. The van der Waals surface area contributed by atoms with Crippen molar-refractivity contribution in [3.05, 3.63) is 29.8 Å². The Bertz CT molecular complexity index is 585. The molecule has 0 bridgehead atoms. The van der Waals surface area contributed by atoms with Crippen LogP contribution in [0.2, 0.25) is 0 Å². The molecule has 0 saturated carbocycles. The Hall–Kier alpha value is -1.63. The number of aliphatic hydroxyl groups excluding tert-OH is 1. The highest BCUT2D eigenvalue weighted by molar-refractivity contribution is 5.82. The molecule has 25 heavy (non-hydrogen) atoms. The smallest absolute Gasteiger partial charge is 0.237 e. The van der Waals surface area contributed by atoms with Crippen LogP contribution in [0.5, 0.6) is 5.75 Å². The fourth-order valence-corrected chi connectivity index (χ4v) is 3.66. The summed E-state index contributed by atoms with van der Waals surface area (Å²) in [5.74, 6) is 0.948. The molecule has 0 spiro atoms. The maximum Gasteiger partial charge on any atom is 0.237 e. The van der Waals surface area contributed by atoms with Gasteiger partial charge in [0.2, 0.25) is 5.91 Å². The van der Waals surface area contributed by atoms with Crippen molar-refractivity contribution in [3.63, 3.8) is 0 Å². The molecule has 6 nitrogen and oxygen atoms in total. The zero-order chi connectivity index (χ0) is 17.8. The van der Waals surface area contributed by atoms with E-state index in [1.54, 1.807) is 0 Å². The van der Waals surface area contributed by atoms with Gasteiger partial charge in [-0.1, -0.05) is 18.2 Å². The van der Waals surface area contributed by atoms with Gasteiger partial charge in [0.25, 0.3) is 0 Å². The van der Waals surface area contributed by atoms with E-state index in [-0.39, 0.29) is 24.1 Å². The summed E-state index contributed by atoms with van der Waals surface area (Å²) in [5, 5.41) is 12.7. The van der Waals surface area contributed by atoms with E-state index >= 15 is 0 Å². The molecule has 138 valence electrons. The molecule has 1 fully saturated rings.